The number of aromatic nitrogens is 2. The molecule has 1 aromatic carbocycles. The van der Waals surface area contributed by atoms with E-state index in [-0.39, 0.29) is 17.5 Å². The molecule has 0 aliphatic heterocycles. The van der Waals surface area contributed by atoms with Crippen LogP contribution in [0.2, 0.25) is 0 Å². The van der Waals surface area contributed by atoms with E-state index in [1.807, 2.05) is 25.1 Å². The zero-order valence-corrected chi connectivity index (χ0v) is 18.2. The predicted molar refractivity (Wildman–Crippen MR) is 116 cm³/mol. The van der Waals surface area contributed by atoms with Gasteiger partial charge >= 0.3 is 0 Å². The summed E-state index contributed by atoms with van der Waals surface area (Å²) >= 11 is 0. The summed E-state index contributed by atoms with van der Waals surface area (Å²) in [5, 5.41) is 8.12. The molecule has 1 fully saturated rings. The number of hydrogen-bond donors (Lipinski definition) is 2. The molecular weight excluding hydrogens is 387 g/mol. The highest BCUT2D eigenvalue weighted by molar-refractivity contribution is 7.27. The van der Waals surface area contributed by atoms with E-state index in [9.17, 15) is 4.79 Å². The van der Waals surface area contributed by atoms with Gasteiger partial charge in [0.1, 0.15) is 23.7 Å². The first-order valence-corrected chi connectivity index (χ1v) is 10.2. The first-order valence-electron chi connectivity index (χ1n) is 9.58. The monoisotopic (exact) mass is 412 g/mol. The molecule has 0 spiro atoms. The minimum absolute atomic E-state index is 0.0188. The molecule has 2 aromatic heterocycles. The number of methoxy groups -OCH3 is 1. The van der Waals surface area contributed by atoms with Gasteiger partial charge in [-0.15, -0.1) is 9.24 Å². The molecule has 1 unspecified atom stereocenters. The van der Waals surface area contributed by atoms with Gasteiger partial charge in [-0.25, -0.2) is 9.97 Å². The van der Waals surface area contributed by atoms with Crippen LogP contribution in [-0.2, 0) is 0 Å². The van der Waals surface area contributed by atoms with Crippen LogP contribution in [0.1, 0.15) is 54.4 Å². The normalized spacial score (nSPS) is 15.8. The molecule has 4 rings (SSSR count). The third-order valence-electron chi connectivity index (χ3n) is 5.42. The lowest BCUT2D eigenvalue weighted by Crippen LogP contribution is -2.29. The second-order valence-electron chi connectivity index (χ2n) is 7.81. The number of aryl methyl sites for hydroxylation is 1. The van der Waals surface area contributed by atoms with E-state index in [0.29, 0.717) is 28.2 Å². The maximum absolute atomic E-state index is 13.2. The number of benzene rings is 1. The van der Waals surface area contributed by atoms with Gasteiger partial charge in [-0.3, -0.25) is 4.79 Å². The van der Waals surface area contributed by atoms with Crippen LogP contribution in [0, 0.1) is 6.92 Å². The standard InChI is InChI=1S/C21H25N4O3P/c1-11(14-6-5-13(27-4)9-15(14)29)24-19(26)16-12(2)28-20-17(16)18(22-10-23-20)25-21(3)7-8-21/h5-6,9-11H,7-8,29H2,1-4H3,(H,24,26)(H,22,23,25)/t11-/m1/s1. The fourth-order valence-electron chi connectivity index (χ4n) is 3.43. The van der Waals surface area contributed by atoms with Crippen LogP contribution in [0.25, 0.3) is 11.1 Å². The van der Waals surface area contributed by atoms with Crippen LogP contribution in [0.15, 0.2) is 28.9 Å². The van der Waals surface area contributed by atoms with Crippen LogP contribution < -0.4 is 20.7 Å². The molecule has 2 N–H and O–H groups in total. The van der Waals surface area contributed by atoms with E-state index in [2.05, 4.69) is 36.8 Å². The predicted octanol–water partition coefficient (Wildman–Crippen LogP) is 3.50. The highest BCUT2D eigenvalue weighted by Crippen LogP contribution is 2.40. The van der Waals surface area contributed by atoms with E-state index in [0.717, 1.165) is 29.5 Å². The van der Waals surface area contributed by atoms with Gasteiger partial charge in [-0.2, -0.15) is 0 Å². The zero-order valence-electron chi connectivity index (χ0n) is 17.0. The highest BCUT2D eigenvalue weighted by atomic mass is 31.0. The summed E-state index contributed by atoms with van der Waals surface area (Å²) in [4.78, 5) is 21.8. The van der Waals surface area contributed by atoms with Crippen LogP contribution >= 0.6 is 9.24 Å². The first kappa shape index (κ1) is 19.6. The minimum atomic E-state index is -0.215. The molecular formula is C21H25N4O3P. The molecule has 3 aromatic rings. The number of nitrogens with zero attached hydrogens (tertiary/aromatic N) is 2. The van der Waals surface area contributed by atoms with Crippen molar-refractivity contribution in [3.05, 3.63) is 41.4 Å². The van der Waals surface area contributed by atoms with Crippen LogP contribution in [0.4, 0.5) is 5.82 Å². The Kier molecular flexibility index (Phi) is 4.95. The maximum Gasteiger partial charge on any atom is 0.256 e. The molecule has 1 aliphatic rings. The Morgan fingerprint density at radius 1 is 1.34 bits per heavy atom. The lowest BCUT2D eigenvalue weighted by Gasteiger charge is -2.18. The van der Waals surface area contributed by atoms with Crippen molar-refractivity contribution in [1.82, 2.24) is 15.3 Å². The van der Waals surface area contributed by atoms with Gasteiger partial charge < -0.3 is 19.8 Å². The molecule has 0 radical (unpaired) electrons. The Labute approximate surface area is 171 Å². The highest BCUT2D eigenvalue weighted by Gasteiger charge is 2.38. The lowest BCUT2D eigenvalue weighted by atomic mass is 10.1. The summed E-state index contributed by atoms with van der Waals surface area (Å²) in [7, 11) is 4.33. The molecule has 1 amide bonds. The second-order valence-corrected chi connectivity index (χ2v) is 8.43. The zero-order chi connectivity index (χ0) is 20.8. The molecule has 8 heteroatoms. The van der Waals surface area contributed by atoms with E-state index in [4.69, 9.17) is 9.15 Å². The average molecular weight is 412 g/mol. The molecule has 1 aliphatic carbocycles. The number of amides is 1. The molecule has 0 saturated heterocycles. The summed E-state index contributed by atoms with van der Waals surface area (Å²) in [6, 6.07) is 5.56. The number of carbonyl (C=O) groups is 1. The molecule has 2 atom stereocenters. The number of rotatable bonds is 6. The van der Waals surface area contributed by atoms with Crippen molar-refractivity contribution in [1.29, 1.82) is 0 Å². The molecule has 1 saturated carbocycles. The fraction of sp³-hybridized carbons (Fsp3) is 0.381. The van der Waals surface area contributed by atoms with Crippen LogP contribution in [-0.4, -0.2) is 28.5 Å². The SMILES string of the molecule is COc1ccc([C@@H](C)NC(=O)c2c(C)oc3ncnc(NC4(C)CC4)c23)c(P)c1. The van der Waals surface area contributed by atoms with E-state index < -0.39 is 0 Å². The van der Waals surface area contributed by atoms with E-state index in [1.165, 1.54) is 6.33 Å². The summed E-state index contributed by atoms with van der Waals surface area (Å²) in [5.41, 5.74) is 1.90. The number of ether oxygens (including phenoxy) is 1. The van der Waals surface area contributed by atoms with Crippen molar-refractivity contribution in [2.75, 3.05) is 12.4 Å². The Hall–Kier alpha value is -2.66. The van der Waals surface area contributed by atoms with Gasteiger partial charge in [-0.1, -0.05) is 6.07 Å². The Morgan fingerprint density at radius 3 is 2.76 bits per heavy atom. The minimum Gasteiger partial charge on any atom is -0.497 e. The van der Waals surface area contributed by atoms with Crippen molar-refractivity contribution in [2.45, 2.75) is 45.2 Å². The number of nitrogens with one attached hydrogen (secondary N) is 2. The van der Waals surface area contributed by atoms with Gasteiger partial charge in [0, 0.05) is 5.54 Å². The molecule has 2 heterocycles. The van der Waals surface area contributed by atoms with Gasteiger partial charge in [0.05, 0.1) is 24.1 Å². The number of anilines is 1. The molecule has 7 nitrogen and oxygen atoms in total. The fourth-order valence-corrected chi connectivity index (χ4v) is 3.94. The van der Waals surface area contributed by atoms with Gasteiger partial charge in [0.15, 0.2) is 0 Å². The van der Waals surface area contributed by atoms with Crippen molar-refractivity contribution >= 4 is 37.4 Å². The summed E-state index contributed by atoms with van der Waals surface area (Å²) in [6.45, 7) is 5.87. The van der Waals surface area contributed by atoms with Crippen LogP contribution in [0.5, 0.6) is 5.75 Å². The van der Waals surface area contributed by atoms with Crippen molar-refractivity contribution in [2.24, 2.45) is 0 Å². The Morgan fingerprint density at radius 2 is 2.10 bits per heavy atom. The van der Waals surface area contributed by atoms with Crippen molar-refractivity contribution < 1.29 is 13.9 Å². The number of furan rings is 1. The lowest BCUT2D eigenvalue weighted by molar-refractivity contribution is 0.0940. The molecule has 0 bridgehead atoms. The maximum atomic E-state index is 13.2. The number of fused-ring (bicyclic) bond motifs is 1. The first-order chi connectivity index (χ1) is 13.8. The summed E-state index contributed by atoms with van der Waals surface area (Å²) in [5.74, 6) is 1.72. The topological polar surface area (TPSA) is 89.3 Å². The van der Waals surface area contributed by atoms with Crippen molar-refractivity contribution in [3.8, 4) is 5.75 Å². The van der Waals surface area contributed by atoms with E-state index >= 15 is 0 Å². The number of hydrogen-bond acceptors (Lipinski definition) is 6. The Bertz CT molecular complexity index is 1090. The smallest absolute Gasteiger partial charge is 0.256 e. The second kappa shape index (κ2) is 7.30. The van der Waals surface area contributed by atoms with Gasteiger partial charge in [0.2, 0.25) is 5.71 Å². The largest absolute Gasteiger partial charge is 0.497 e. The number of carbonyl (C=O) groups excluding carboxylic acids is 1. The third kappa shape index (κ3) is 3.79. The van der Waals surface area contributed by atoms with Crippen LogP contribution in [0.3, 0.4) is 0 Å². The Balaban J connectivity index is 1.65. The third-order valence-corrected chi connectivity index (χ3v) is 5.92. The van der Waals surface area contributed by atoms with Crippen molar-refractivity contribution in [3.63, 3.8) is 0 Å². The summed E-state index contributed by atoms with van der Waals surface area (Å²) in [6.07, 6.45) is 3.60. The van der Waals surface area contributed by atoms with E-state index in [1.54, 1.807) is 14.0 Å². The molecule has 29 heavy (non-hydrogen) atoms. The van der Waals surface area contributed by atoms with Gasteiger partial charge in [-0.05, 0) is 56.6 Å². The summed E-state index contributed by atoms with van der Waals surface area (Å²) < 4.78 is 11.0. The van der Waals surface area contributed by atoms with Gasteiger partial charge in [0.25, 0.3) is 5.91 Å². The molecule has 152 valence electrons. The quantitative estimate of drug-likeness (QED) is 0.603. The average Bonchev–Trinajstić information content (AvgIpc) is 3.29.